The van der Waals surface area contributed by atoms with E-state index in [4.69, 9.17) is 11.6 Å². The highest BCUT2D eigenvalue weighted by atomic mass is 35.5. The molecular formula is C20H23ClFN5O2. The molecule has 1 N–H and O–H groups in total. The molecule has 0 saturated carbocycles. The van der Waals surface area contributed by atoms with Crippen LogP contribution in [-0.2, 0) is 16.1 Å². The van der Waals surface area contributed by atoms with Crippen molar-refractivity contribution in [1.29, 1.82) is 0 Å². The number of amides is 2. The second-order valence-corrected chi connectivity index (χ2v) is 7.35. The number of carbonyl (C=O) groups excluding carboxylic acids is 2. The van der Waals surface area contributed by atoms with E-state index in [1.54, 1.807) is 28.6 Å². The summed E-state index contributed by atoms with van der Waals surface area (Å²) in [6, 6.07) is 6.10. The lowest BCUT2D eigenvalue weighted by molar-refractivity contribution is -0.135. The fourth-order valence-electron chi connectivity index (χ4n) is 3.16. The van der Waals surface area contributed by atoms with Gasteiger partial charge in [-0.2, -0.15) is 10.2 Å². The van der Waals surface area contributed by atoms with Gasteiger partial charge in [0.25, 0.3) is 5.91 Å². The summed E-state index contributed by atoms with van der Waals surface area (Å²) in [7, 11) is 0. The SMILES string of the molecule is Cc1nn(Cc2ccc(F)cc2)c(Cl)c1/C=N\NC(=O)CN1CCCCCC1=O. The van der Waals surface area contributed by atoms with Gasteiger partial charge in [0.1, 0.15) is 17.5 Å². The summed E-state index contributed by atoms with van der Waals surface area (Å²) >= 11 is 6.39. The number of hydrazone groups is 1. The molecule has 1 saturated heterocycles. The number of benzene rings is 1. The Morgan fingerprint density at radius 3 is 2.83 bits per heavy atom. The van der Waals surface area contributed by atoms with Gasteiger partial charge in [0.15, 0.2) is 0 Å². The molecule has 1 aromatic carbocycles. The van der Waals surface area contributed by atoms with E-state index in [0.29, 0.717) is 35.9 Å². The zero-order chi connectivity index (χ0) is 20.8. The number of rotatable bonds is 6. The van der Waals surface area contributed by atoms with Gasteiger partial charge in [-0.1, -0.05) is 30.2 Å². The predicted octanol–water partition coefficient (Wildman–Crippen LogP) is 2.89. The summed E-state index contributed by atoms with van der Waals surface area (Å²) in [5.41, 5.74) is 4.53. The first kappa shape index (κ1) is 21.0. The zero-order valence-corrected chi connectivity index (χ0v) is 17.0. The molecule has 3 rings (SSSR count). The van der Waals surface area contributed by atoms with Crippen LogP contribution in [0.1, 0.15) is 42.5 Å². The summed E-state index contributed by atoms with van der Waals surface area (Å²) in [5, 5.41) is 8.70. The molecule has 29 heavy (non-hydrogen) atoms. The Bertz CT molecular complexity index is 910. The Kier molecular flexibility index (Phi) is 6.98. The van der Waals surface area contributed by atoms with Crippen molar-refractivity contribution in [2.45, 2.75) is 39.2 Å². The van der Waals surface area contributed by atoms with Crippen LogP contribution in [0.5, 0.6) is 0 Å². The lowest BCUT2D eigenvalue weighted by atomic mass is 10.2. The molecule has 1 fully saturated rings. The fourth-order valence-corrected chi connectivity index (χ4v) is 3.45. The van der Waals surface area contributed by atoms with Crippen molar-refractivity contribution in [1.82, 2.24) is 20.1 Å². The Balaban J connectivity index is 1.60. The maximum Gasteiger partial charge on any atom is 0.259 e. The molecule has 154 valence electrons. The Hall–Kier alpha value is -2.74. The smallest absolute Gasteiger partial charge is 0.259 e. The van der Waals surface area contributed by atoms with Crippen LogP contribution in [0.15, 0.2) is 29.4 Å². The van der Waals surface area contributed by atoms with Crippen LogP contribution in [0.3, 0.4) is 0 Å². The number of aromatic nitrogens is 2. The van der Waals surface area contributed by atoms with Gasteiger partial charge >= 0.3 is 0 Å². The van der Waals surface area contributed by atoms with Crippen molar-refractivity contribution in [2.24, 2.45) is 5.10 Å². The van der Waals surface area contributed by atoms with E-state index in [2.05, 4.69) is 15.6 Å². The van der Waals surface area contributed by atoms with E-state index in [0.717, 1.165) is 24.8 Å². The first-order valence-corrected chi connectivity index (χ1v) is 9.89. The lowest BCUT2D eigenvalue weighted by Gasteiger charge is -2.18. The summed E-state index contributed by atoms with van der Waals surface area (Å²) in [6.45, 7) is 2.76. The van der Waals surface area contributed by atoms with Crippen molar-refractivity contribution >= 4 is 29.6 Å². The van der Waals surface area contributed by atoms with Gasteiger partial charge in [-0.15, -0.1) is 0 Å². The van der Waals surface area contributed by atoms with Crippen LogP contribution < -0.4 is 5.43 Å². The number of likely N-dealkylation sites (tertiary alicyclic amines) is 1. The normalized spacial score (nSPS) is 15.0. The van der Waals surface area contributed by atoms with E-state index < -0.39 is 0 Å². The number of aryl methyl sites for hydroxylation is 1. The van der Waals surface area contributed by atoms with Gasteiger partial charge in [0, 0.05) is 13.0 Å². The van der Waals surface area contributed by atoms with E-state index >= 15 is 0 Å². The molecule has 9 heteroatoms. The highest BCUT2D eigenvalue weighted by Gasteiger charge is 2.19. The monoisotopic (exact) mass is 419 g/mol. The predicted molar refractivity (Wildman–Crippen MR) is 108 cm³/mol. The highest BCUT2D eigenvalue weighted by molar-refractivity contribution is 6.32. The highest BCUT2D eigenvalue weighted by Crippen LogP contribution is 2.19. The van der Waals surface area contributed by atoms with E-state index in [-0.39, 0.29) is 24.2 Å². The molecule has 0 radical (unpaired) electrons. The number of hydrogen-bond acceptors (Lipinski definition) is 4. The average Bonchev–Trinajstić information content (AvgIpc) is 2.83. The average molecular weight is 420 g/mol. The van der Waals surface area contributed by atoms with Crippen LogP contribution in [-0.4, -0.2) is 45.8 Å². The maximum absolute atomic E-state index is 13.0. The van der Waals surface area contributed by atoms with Gasteiger partial charge in [0.2, 0.25) is 5.91 Å². The first-order chi connectivity index (χ1) is 13.9. The summed E-state index contributed by atoms with van der Waals surface area (Å²) in [5.74, 6) is -0.659. The number of nitrogens with zero attached hydrogens (tertiary/aromatic N) is 4. The van der Waals surface area contributed by atoms with Crippen molar-refractivity contribution < 1.29 is 14.0 Å². The topological polar surface area (TPSA) is 79.6 Å². The number of nitrogens with one attached hydrogen (secondary N) is 1. The van der Waals surface area contributed by atoms with Crippen molar-refractivity contribution in [3.63, 3.8) is 0 Å². The van der Waals surface area contributed by atoms with Crippen molar-refractivity contribution in [3.8, 4) is 0 Å². The Morgan fingerprint density at radius 2 is 2.07 bits per heavy atom. The zero-order valence-electron chi connectivity index (χ0n) is 16.2. The fraction of sp³-hybridized carbons (Fsp3) is 0.400. The molecule has 0 unspecified atom stereocenters. The van der Waals surface area contributed by atoms with Crippen molar-refractivity contribution in [2.75, 3.05) is 13.1 Å². The minimum atomic E-state index is -0.357. The summed E-state index contributed by atoms with van der Waals surface area (Å²) in [4.78, 5) is 25.6. The van der Waals surface area contributed by atoms with Gasteiger partial charge < -0.3 is 4.90 Å². The quantitative estimate of drug-likeness (QED) is 0.577. The molecule has 0 atom stereocenters. The molecular weight excluding hydrogens is 397 g/mol. The standard InChI is InChI=1S/C20H23ClFN5O2/c1-14-17(20(21)27(25-14)12-15-6-8-16(22)9-7-15)11-23-24-18(28)13-26-10-4-2-3-5-19(26)29/h6-9,11H,2-5,10,12-13H2,1H3,(H,24,28)/b23-11-. The van der Waals surface area contributed by atoms with Crippen LogP contribution in [0.4, 0.5) is 4.39 Å². The number of carbonyl (C=O) groups is 2. The summed E-state index contributed by atoms with van der Waals surface area (Å²) < 4.78 is 14.6. The van der Waals surface area contributed by atoms with Gasteiger partial charge in [-0.3, -0.25) is 9.59 Å². The van der Waals surface area contributed by atoms with Crippen LogP contribution in [0.2, 0.25) is 5.15 Å². The third-order valence-corrected chi connectivity index (χ3v) is 5.14. The molecule has 7 nitrogen and oxygen atoms in total. The number of hydrogen-bond donors (Lipinski definition) is 1. The molecule has 0 spiro atoms. The second kappa shape index (κ2) is 9.65. The minimum absolute atomic E-state index is 0.00240. The van der Waals surface area contributed by atoms with Crippen LogP contribution in [0, 0.1) is 12.7 Å². The first-order valence-electron chi connectivity index (χ1n) is 9.51. The van der Waals surface area contributed by atoms with Gasteiger partial charge in [-0.05, 0) is 37.5 Å². The molecule has 1 aliphatic rings. The van der Waals surface area contributed by atoms with E-state index in [1.165, 1.54) is 18.3 Å². The van der Waals surface area contributed by atoms with E-state index in [1.807, 2.05) is 0 Å². The van der Waals surface area contributed by atoms with Crippen LogP contribution >= 0.6 is 11.6 Å². The molecule has 1 aromatic heterocycles. The van der Waals surface area contributed by atoms with Crippen molar-refractivity contribution in [3.05, 3.63) is 52.1 Å². The minimum Gasteiger partial charge on any atom is -0.333 e. The van der Waals surface area contributed by atoms with Gasteiger partial charge in [-0.25, -0.2) is 14.5 Å². The van der Waals surface area contributed by atoms with E-state index in [9.17, 15) is 14.0 Å². The summed E-state index contributed by atoms with van der Waals surface area (Å²) in [6.07, 6.45) is 4.70. The largest absolute Gasteiger partial charge is 0.333 e. The van der Waals surface area contributed by atoms with Crippen LogP contribution in [0.25, 0.3) is 0 Å². The molecule has 2 heterocycles. The maximum atomic E-state index is 13.0. The third kappa shape index (κ3) is 5.63. The molecule has 2 amide bonds. The lowest BCUT2D eigenvalue weighted by Crippen LogP contribution is -2.39. The molecule has 0 bridgehead atoms. The molecule has 1 aliphatic heterocycles. The Morgan fingerprint density at radius 1 is 1.31 bits per heavy atom. The Labute approximate surface area is 173 Å². The number of halogens is 2. The van der Waals surface area contributed by atoms with Gasteiger partial charge in [0.05, 0.1) is 24.0 Å². The molecule has 2 aromatic rings. The molecule has 0 aliphatic carbocycles. The second-order valence-electron chi connectivity index (χ2n) is 6.99. The third-order valence-electron chi connectivity index (χ3n) is 4.74.